The maximum Gasteiger partial charge on any atom is 0.312 e. The Morgan fingerprint density at radius 1 is 0.786 bits per heavy atom. The van der Waals surface area contributed by atoms with Crippen molar-refractivity contribution >= 4 is 11.8 Å². The zero-order valence-corrected chi connectivity index (χ0v) is 15.9. The van der Waals surface area contributed by atoms with Gasteiger partial charge in [0.1, 0.15) is 11.5 Å². The Hall–Kier alpha value is -3.40. The van der Waals surface area contributed by atoms with Crippen molar-refractivity contribution in [1.29, 1.82) is 0 Å². The molecule has 0 heterocycles. The molecule has 3 aromatic carbocycles. The number of methoxy groups -OCH3 is 1. The summed E-state index contributed by atoms with van der Waals surface area (Å²) in [6.07, 6.45) is 0.199. The van der Waals surface area contributed by atoms with Crippen molar-refractivity contribution in [3.8, 4) is 11.5 Å². The highest BCUT2D eigenvalue weighted by atomic mass is 16.5. The third-order valence-corrected chi connectivity index (χ3v) is 4.58. The molecule has 0 fully saturated rings. The average molecular weight is 374 g/mol. The zero-order chi connectivity index (χ0) is 19.9. The molecule has 28 heavy (non-hydrogen) atoms. The molecular weight excluding hydrogens is 352 g/mol. The predicted molar refractivity (Wildman–Crippen MR) is 108 cm³/mol. The van der Waals surface area contributed by atoms with Crippen LogP contribution in [0.25, 0.3) is 0 Å². The summed E-state index contributed by atoms with van der Waals surface area (Å²) in [6.45, 7) is 1.50. The molecule has 142 valence electrons. The van der Waals surface area contributed by atoms with Gasteiger partial charge in [0.2, 0.25) is 0 Å². The molecule has 4 heteroatoms. The molecule has 1 atom stereocenters. The molecule has 0 saturated carbocycles. The Morgan fingerprint density at radius 3 is 1.93 bits per heavy atom. The third kappa shape index (κ3) is 4.86. The van der Waals surface area contributed by atoms with E-state index in [9.17, 15) is 9.59 Å². The Morgan fingerprint density at radius 2 is 1.36 bits per heavy atom. The largest absolute Gasteiger partial charge is 0.497 e. The number of hydrogen-bond donors (Lipinski definition) is 0. The van der Waals surface area contributed by atoms with E-state index in [-0.39, 0.29) is 24.1 Å². The van der Waals surface area contributed by atoms with E-state index in [4.69, 9.17) is 9.47 Å². The first-order valence-corrected chi connectivity index (χ1v) is 9.07. The molecule has 0 aliphatic heterocycles. The normalized spacial score (nSPS) is 11.5. The molecule has 3 aromatic rings. The summed E-state index contributed by atoms with van der Waals surface area (Å²) in [6, 6.07) is 24.2. The highest BCUT2D eigenvalue weighted by Gasteiger charge is 2.20. The molecule has 0 spiro atoms. The van der Waals surface area contributed by atoms with Gasteiger partial charge in [0.25, 0.3) is 0 Å². The van der Waals surface area contributed by atoms with Crippen molar-refractivity contribution in [2.75, 3.05) is 7.11 Å². The summed E-state index contributed by atoms with van der Waals surface area (Å²) in [5.41, 5.74) is 2.63. The minimum Gasteiger partial charge on any atom is -0.497 e. The molecule has 4 nitrogen and oxygen atoms in total. The van der Waals surface area contributed by atoms with E-state index in [0.29, 0.717) is 11.3 Å². The monoisotopic (exact) mass is 374 g/mol. The quantitative estimate of drug-likeness (QED) is 0.331. The van der Waals surface area contributed by atoms with Crippen LogP contribution in [0.3, 0.4) is 0 Å². The van der Waals surface area contributed by atoms with Gasteiger partial charge < -0.3 is 9.47 Å². The number of carbonyl (C=O) groups excluding carboxylic acids is 2. The SMILES string of the molecule is COc1ccc(C(CC(=O)Oc2ccc(C(C)=O)cc2)c2ccccc2)cc1. The molecule has 0 amide bonds. The molecular formula is C24H22O4. The van der Waals surface area contributed by atoms with Crippen LogP contribution < -0.4 is 9.47 Å². The molecule has 0 aliphatic carbocycles. The van der Waals surface area contributed by atoms with Crippen LogP contribution in [0, 0.1) is 0 Å². The van der Waals surface area contributed by atoms with Gasteiger partial charge in [-0.15, -0.1) is 0 Å². The van der Waals surface area contributed by atoms with Crippen LogP contribution in [-0.2, 0) is 4.79 Å². The summed E-state index contributed by atoms with van der Waals surface area (Å²) >= 11 is 0. The van der Waals surface area contributed by atoms with Gasteiger partial charge in [-0.2, -0.15) is 0 Å². The summed E-state index contributed by atoms with van der Waals surface area (Å²) in [4.78, 5) is 24.0. The first-order valence-electron chi connectivity index (χ1n) is 9.07. The number of Topliss-reactive ketones (excluding diaryl/α,β-unsaturated/α-hetero) is 1. The second-order valence-corrected chi connectivity index (χ2v) is 6.50. The van der Waals surface area contributed by atoms with E-state index >= 15 is 0 Å². The van der Waals surface area contributed by atoms with E-state index in [1.54, 1.807) is 31.4 Å². The van der Waals surface area contributed by atoms with E-state index in [2.05, 4.69) is 0 Å². The molecule has 0 aliphatic rings. The Labute approximate surface area is 164 Å². The molecule has 1 unspecified atom stereocenters. The average Bonchev–Trinajstić information content (AvgIpc) is 2.73. The standard InChI is InChI=1S/C24H22O4/c1-17(25)18-8-14-22(15-9-18)28-24(26)16-23(19-6-4-3-5-7-19)20-10-12-21(27-2)13-11-20/h3-15,23H,16H2,1-2H3. The van der Waals surface area contributed by atoms with Crippen LogP contribution in [-0.4, -0.2) is 18.9 Å². The van der Waals surface area contributed by atoms with Gasteiger partial charge in [-0.05, 0) is 54.4 Å². The van der Waals surface area contributed by atoms with Crippen LogP contribution >= 0.6 is 0 Å². The highest BCUT2D eigenvalue weighted by molar-refractivity contribution is 5.94. The third-order valence-electron chi connectivity index (χ3n) is 4.58. The fraction of sp³-hybridized carbons (Fsp3) is 0.167. The van der Waals surface area contributed by atoms with Gasteiger partial charge >= 0.3 is 5.97 Å². The number of rotatable bonds is 7. The van der Waals surface area contributed by atoms with Gasteiger partial charge in [-0.3, -0.25) is 9.59 Å². The van der Waals surface area contributed by atoms with Crippen LogP contribution in [0.15, 0.2) is 78.9 Å². The van der Waals surface area contributed by atoms with Crippen molar-refractivity contribution in [2.24, 2.45) is 0 Å². The van der Waals surface area contributed by atoms with E-state index < -0.39 is 0 Å². The number of esters is 1. The highest BCUT2D eigenvalue weighted by Crippen LogP contribution is 2.30. The first kappa shape index (κ1) is 19.4. The van der Waals surface area contributed by atoms with Crippen LogP contribution in [0.4, 0.5) is 0 Å². The predicted octanol–water partition coefficient (Wildman–Crippen LogP) is 5.03. The molecule has 3 rings (SSSR count). The number of benzene rings is 3. The van der Waals surface area contributed by atoms with Crippen LogP contribution in [0.5, 0.6) is 11.5 Å². The number of hydrogen-bond acceptors (Lipinski definition) is 4. The Kier molecular flexibility index (Phi) is 6.22. The summed E-state index contributed by atoms with van der Waals surface area (Å²) < 4.78 is 10.7. The minimum atomic E-state index is -0.333. The van der Waals surface area contributed by atoms with E-state index in [1.165, 1.54) is 6.92 Å². The van der Waals surface area contributed by atoms with E-state index in [0.717, 1.165) is 16.9 Å². The number of ether oxygens (including phenoxy) is 2. The van der Waals surface area contributed by atoms with Gasteiger partial charge in [-0.25, -0.2) is 0 Å². The second-order valence-electron chi connectivity index (χ2n) is 6.50. The Balaban J connectivity index is 1.78. The van der Waals surface area contributed by atoms with Crippen LogP contribution in [0.2, 0.25) is 0 Å². The molecule has 0 bridgehead atoms. The minimum absolute atomic E-state index is 0.0264. The zero-order valence-electron chi connectivity index (χ0n) is 15.9. The Bertz CT molecular complexity index is 929. The number of carbonyl (C=O) groups is 2. The lowest BCUT2D eigenvalue weighted by Crippen LogP contribution is -2.14. The van der Waals surface area contributed by atoms with Crippen molar-refractivity contribution in [3.63, 3.8) is 0 Å². The fourth-order valence-corrected chi connectivity index (χ4v) is 3.05. The maximum absolute atomic E-state index is 12.6. The van der Waals surface area contributed by atoms with Crippen molar-refractivity contribution in [2.45, 2.75) is 19.3 Å². The smallest absolute Gasteiger partial charge is 0.312 e. The molecule has 0 saturated heterocycles. The molecule has 0 N–H and O–H groups in total. The van der Waals surface area contributed by atoms with Gasteiger partial charge in [0.05, 0.1) is 13.5 Å². The van der Waals surface area contributed by atoms with Gasteiger partial charge in [0.15, 0.2) is 5.78 Å². The second kappa shape index (κ2) is 9.00. The van der Waals surface area contributed by atoms with Crippen molar-refractivity contribution in [1.82, 2.24) is 0 Å². The fourth-order valence-electron chi connectivity index (χ4n) is 3.05. The number of ketones is 1. The van der Waals surface area contributed by atoms with Gasteiger partial charge in [-0.1, -0.05) is 42.5 Å². The molecule has 0 radical (unpaired) electrons. The lowest BCUT2D eigenvalue weighted by Gasteiger charge is -2.18. The first-order chi connectivity index (χ1) is 13.6. The summed E-state index contributed by atoms with van der Waals surface area (Å²) in [5, 5.41) is 0. The lowest BCUT2D eigenvalue weighted by atomic mass is 9.88. The maximum atomic E-state index is 12.6. The summed E-state index contributed by atoms with van der Waals surface area (Å²) in [5.74, 6) is 0.707. The lowest BCUT2D eigenvalue weighted by molar-refractivity contribution is -0.134. The van der Waals surface area contributed by atoms with Gasteiger partial charge in [0, 0.05) is 11.5 Å². The van der Waals surface area contributed by atoms with Crippen molar-refractivity contribution < 1.29 is 19.1 Å². The van der Waals surface area contributed by atoms with E-state index in [1.807, 2.05) is 54.6 Å². The van der Waals surface area contributed by atoms with Crippen molar-refractivity contribution in [3.05, 3.63) is 95.6 Å². The van der Waals surface area contributed by atoms with Crippen LogP contribution in [0.1, 0.15) is 40.7 Å². The summed E-state index contributed by atoms with van der Waals surface area (Å²) in [7, 11) is 1.62. The topological polar surface area (TPSA) is 52.6 Å². The molecule has 0 aromatic heterocycles.